The minimum Gasteiger partial charge on any atom is -0.481 e. The fourth-order valence-corrected chi connectivity index (χ4v) is 3.70. The SMILES string of the molecule is O=C(NCc1nc(CN2CCCC(C(=O)O)C2)cs1)c1ccccc1. The molecule has 1 aliphatic rings. The molecule has 1 saturated heterocycles. The molecule has 6 nitrogen and oxygen atoms in total. The number of carbonyl (C=O) groups is 2. The van der Waals surface area contributed by atoms with Crippen LogP contribution < -0.4 is 5.32 Å². The summed E-state index contributed by atoms with van der Waals surface area (Å²) in [6, 6.07) is 9.09. The highest BCUT2D eigenvalue weighted by Crippen LogP contribution is 2.19. The van der Waals surface area contributed by atoms with Crippen molar-refractivity contribution < 1.29 is 14.7 Å². The average molecular weight is 359 g/mol. The molecule has 2 heterocycles. The first kappa shape index (κ1) is 17.6. The van der Waals surface area contributed by atoms with Crippen molar-refractivity contribution in [3.8, 4) is 0 Å². The number of likely N-dealkylation sites (tertiary alicyclic amines) is 1. The minimum absolute atomic E-state index is 0.113. The molecular weight excluding hydrogens is 338 g/mol. The number of aliphatic carboxylic acids is 1. The van der Waals surface area contributed by atoms with Crippen LogP contribution in [0.15, 0.2) is 35.7 Å². The monoisotopic (exact) mass is 359 g/mol. The van der Waals surface area contributed by atoms with Crippen molar-refractivity contribution in [2.45, 2.75) is 25.9 Å². The van der Waals surface area contributed by atoms with Crippen molar-refractivity contribution in [2.75, 3.05) is 13.1 Å². The van der Waals surface area contributed by atoms with E-state index in [0.29, 0.717) is 25.2 Å². The standard InChI is InChI=1S/C18H21N3O3S/c22-17(13-5-2-1-3-6-13)19-9-16-20-15(12-25-16)11-21-8-4-7-14(10-21)18(23)24/h1-3,5-6,12,14H,4,7-11H2,(H,19,22)(H,23,24). The Morgan fingerprint density at radius 1 is 1.32 bits per heavy atom. The van der Waals surface area contributed by atoms with E-state index in [-0.39, 0.29) is 11.8 Å². The van der Waals surface area contributed by atoms with Crippen LogP contribution >= 0.6 is 11.3 Å². The van der Waals surface area contributed by atoms with E-state index in [1.165, 1.54) is 11.3 Å². The van der Waals surface area contributed by atoms with Crippen molar-refractivity contribution in [1.29, 1.82) is 0 Å². The molecular formula is C18H21N3O3S. The Bertz CT molecular complexity index is 732. The minimum atomic E-state index is -0.715. The Morgan fingerprint density at radius 3 is 2.88 bits per heavy atom. The van der Waals surface area contributed by atoms with Crippen LogP contribution in [-0.4, -0.2) is 40.0 Å². The summed E-state index contributed by atoms with van der Waals surface area (Å²) in [7, 11) is 0. The lowest BCUT2D eigenvalue weighted by atomic mass is 9.98. The molecule has 1 fully saturated rings. The third-order valence-corrected chi connectivity index (χ3v) is 5.17. The van der Waals surface area contributed by atoms with Crippen molar-refractivity contribution in [3.05, 3.63) is 52.0 Å². The van der Waals surface area contributed by atoms with Gasteiger partial charge in [-0.25, -0.2) is 4.98 Å². The number of nitrogens with one attached hydrogen (secondary N) is 1. The lowest BCUT2D eigenvalue weighted by Crippen LogP contribution is -2.38. The highest BCUT2D eigenvalue weighted by molar-refractivity contribution is 7.09. The van der Waals surface area contributed by atoms with Gasteiger partial charge in [0.1, 0.15) is 5.01 Å². The van der Waals surface area contributed by atoms with Crippen LogP contribution in [0.5, 0.6) is 0 Å². The molecule has 2 N–H and O–H groups in total. The zero-order valence-corrected chi connectivity index (χ0v) is 14.7. The maximum absolute atomic E-state index is 12.0. The van der Waals surface area contributed by atoms with Crippen LogP contribution in [0.4, 0.5) is 0 Å². The summed E-state index contributed by atoms with van der Waals surface area (Å²) >= 11 is 1.51. The van der Waals surface area contributed by atoms with Gasteiger partial charge in [0.2, 0.25) is 0 Å². The number of carbonyl (C=O) groups excluding carboxylic acids is 1. The summed E-state index contributed by atoms with van der Waals surface area (Å²) in [5, 5.41) is 14.9. The van der Waals surface area contributed by atoms with Crippen molar-refractivity contribution in [2.24, 2.45) is 5.92 Å². The Labute approximate surface area is 150 Å². The highest BCUT2D eigenvalue weighted by atomic mass is 32.1. The molecule has 1 amide bonds. The van der Waals surface area contributed by atoms with Gasteiger partial charge in [-0.15, -0.1) is 11.3 Å². The second kappa shape index (κ2) is 8.22. The van der Waals surface area contributed by atoms with Gasteiger partial charge in [0.15, 0.2) is 0 Å². The van der Waals surface area contributed by atoms with Crippen molar-refractivity contribution in [1.82, 2.24) is 15.2 Å². The number of thiazole rings is 1. The van der Waals surface area contributed by atoms with E-state index < -0.39 is 5.97 Å². The summed E-state index contributed by atoms with van der Waals surface area (Å²) in [6.07, 6.45) is 1.65. The normalized spacial score (nSPS) is 18.0. The molecule has 132 valence electrons. The molecule has 1 atom stereocenters. The van der Waals surface area contributed by atoms with E-state index in [1.54, 1.807) is 12.1 Å². The van der Waals surface area contributed by atoms with Gasteiger partial charge in [-0.2, -0.15) is 0 Å². The van der Waals surface area contributed by atoms with Gasteiger partial charge < -0.3 is 10.4 Å². The van der Waals surface area contributed by atoms with Gasteiger partial charge in [0.05, 0.1) is 18.2 Å². The molecule has 0 spiro atoms. The number of nitrogens with zero attached hydrogens (tertiary/aromatic N) is 2. The summed E-state index contributed by atoms with van der Waals surface area (Å²) in [5.41, 5.74) is 1.56. The molecule has 1 aromatic heterocycles. The third kappa shape index (κ3) is 4.87. The average Bonchev–Trinajstić information content (AvgIpc) is 3.08. The third-order valence-electron chi connectivity index (χ3n) is 4.28. The molecule has 0 radical (unpaired) electrons. The molecule has 1 unspecified atom stereocenters. The Morgan fingerprint density at radius 2 is 2.12 bits per heavy atom. The largest absolute Gasteiger partial charge is 0.481 e. The molecule has 1 aromatic carbocycles. The maximum Gasteiger partial charge on any atom is 0.307 e. The Hall–Kier alpha value is -2.25. The number of rotatable bonds is 6. The molecule has 3 rings (SSSR count). The topological polar surface area (TPSA) is 82.5 Å². The Balaban J connectivity index is 1.50. The van der Waals surface area contributed by atoms with Crippen molar-refractivity contribution in [3.63, 3.8) is 0 Å². The quantitative estimate of drug-likeness (QED) is 0.827. The summed E-state index contributed by atoms with van der Waals surface area (Å²) in [4.78, 5) is 29.9. The first-order chi connectivity index (χ1) is 12.1. The number of aromatic nitrogens is 1. The van der Waals surface area contributed by atoms with Gasteiger partial charge in [-0.05, 0) is 31.5 Å². The number of piperidine rings is 1. The number of hydrogen-bond acceptors (Lipinski definition) is 5. The van der Waals surface area contributed by atoms with E-state index in [1.807, 2.05) is 23.6 Å². The number of carboxylic acid groups (broad SMARTS) is 1. The molecule has 0 saturated carbocycles. The smallest absolute Gasteiger partial charge is 0.307 e. The lowest BCUT2D eigenvalue weighted by Gasteiger charge is -2.29. The molecule has 25 heavy (non-hydrogen) atoms. The van der Waals surface area contributed by atoms with Gasteiger partial charge in [0, 0.05) is 24.0 Å². The first-order valence-electron chi connectivity index (χ1n) is 8.33. The van der Waals surface area contributed by atoms with Gasteiger partial charge in [0.25, 0.3) is 5.91 Å². The summed E-state index contributed by atoms with van der Waals surface area (Å²) in [5.74, 6) is -1.11. The fourth-order valence-electron chi connectivity index (χ4n) is 2.98. The van der Waals surface area contributed by atoms with E-state index >= 15 is 0 Å². The predicted octanol–water partition coefficient (Wildman–Crippen LogP) is 2.37. The van der Waals surface area contributed by atoms with E-state index in [9.17, 15) is 9.59 Å². The first-order valence-corrected chi connectivity index (χ1v) is 9.21. The second-order valence-electron chi connectivity index (χ2n) is 6.19. The van der Waals surface area contributed by atoms with Crippen LogP contribution in [-0.2, 0) is 17.9 Å². The molecule has 2 aromatic rings. The van der Waals surface area contributed by atoms with Gasteiger partial charge >= 0.3 is 5.97 Å². The fraction of sp³-hybridized carbons (Fsp3) is 0.389. The zero-order chi connectivity index (χ0) is 17.6. The maximum atomic E-state index is 12.0. The van der Waals surface area contributed by atoms with Crippen LogP contribution in [0.3, 0.4) is 0 Å². The van der Waals surface area contributed by atoms with E-state index in [0.717, 1.165) is 30.1 Å². The predicted molar refractivity (Wildman–Crippen MR) is 95.4 cm³/mol. The number of carboxylic acids is 1. The summed E-state index contributed by atoms with van der Waals surface area (Å²) < 4.78 is 0. The van der Waals surface area contributed by atoms with E-state index in [2.05, 4.69) is 15.2 Å². The number of benzene rings is 1. The van der Waals surface area contributed by atoms with Gasteiger partial charge in [-0.1, -0.05) is 18.2 Å². The van der Waals surface area contributed by atoms with Crippen LogP contribution in [0.1, 0.15) is 33.9 Å². The number of amides is 1. The van der Waals surface area contributed by atoms with Gasteiger partial charge in [-0.3, -0.25) is 14.5 Å². The molecule has 0 bridgehead atoms. The number of hydrogen-bond donors (Lipinski definition) is 2. The molecule has 0 aliphatic carbocycles. The van der Waals surface area contributed by atoms with E-state index in [4.69, 9.17) is 5.11 Å². The molecule has 7 heteroatoms. The molecule has 1 aliphatic heterocycles. The second-order valence-corrected chi connectivity index (χ2v) is 7.14. The van der Waals surface area contributed by atoms with Crippen LogP contribution in [0.25, 0.3) is 0 Å². The van der Waals surface area contributed by atoms with Crippen LogP contribution in [0.2, 0.25) is 0 Å². The van der Waals surface area contributed by atoms with Crippen molar-refractivity contribution >= 4 is 23.2 Å². The highest BCUT2D eigenvalue weighted by Gasteiger charge is 2.25. The zero-order valence-electron chi connectivity index (χ0n) is 13.9. The summed E-state index contributed by atoms with van der Waals surface area (Å²) in [6.45, 7) is 2.54. The lowest BCUT2D eigenvalue weighted by molar-refractivity contribution is -0.143. The Kier molecular flexibility index (Phi) is 5.78. The van der Waals surface area contributed by atoms with Crippen LogP contribution in [0, 0.1) is 5.92 Å².